The highest BCUT2D eigenvalue weighted by atomic mass is 32.2. The smallest absolute Gasteiger partial charge is 0.262 e. The van der Waals surface area contributed by atoms with Gasteiger partial charge in [0.25, 0.3) is 5.91 Å². The summed E-state index contributed by atoms with van der Waals surface area (Å²) in [6, 6.07) is 15.7. The lowest BCUT2D eigenvalue weighted by Crippen LogP contribution is -2.38. The second kappa shape index (κ2) is 11.0. The molecule has 0 radical (unpaired) electrons. The molecular formula is C28H29N8O2S+. The second-order valence-electron chi connectivity index (χ2n) is 9.64. The molecule has 1 saturated heterocycles. The van der Waals surface area contributed by atoms with Crippen molar-refractivity contribution >= 4 is 28.7 Å². The average Bonchev–Trinajstić information content (AvgIpc) is 3.59. The Balaban J connectivity index is 1.21. The molecule has 4 aromatic heterocycles. The standard InChI is InChI=1S/C28H28N8O2S/c1-20-3-5-23(6-4-20)36-26(32-28(37)24-18-31-35-14-2-11-30-27(24)35)17-25(33-36)22-9-15-34(16-10-22)39(38)19-21-7-12-29-13-8-21/h2-8,11-14,17-18,22,38H,9-10,15-16,19H2,1H3/p+1. The fourth-order valence-corrected chi connectivity index (χ4v) is 6.13. The summed E-state index contributed by atoms with van der Waals surface area (Å²) in [5.74, 6) is 1.12. The number of carbonyl (C=O) groups excluding carboxylic acids is 1. The van der Waals surface area contributed by atoms with E-state index in [9.17, 15) is 9.35 Å². The summed E-state index contributed by atoms with van der Waals surface area (Å²) in [5, 5.41) is 12.2. The van der Waals surface area contributed by atoms with Crippen molar-refractivity contribution in [3.8, 4) is 5.69 Å². The number of aryl methyl sites for hydroxylation is 1. The molecule has 1 amide bonds. The average molecular weight is 542 g/mol. The number of amides is 1. The Labute approximate surface area is 229 Å². The van der Waals surface area contributed by atoms with Crippen molar-refractivity contribution in [1.29, 1.82) is 0 Å². The molecule has 11 heteroatoms. The highest BCUT2D eigenvalue weighted by Gasteiger charge is 2.34. The van der Waals surface area contributed by atoms with Crippen LogP contribution in [0.25, 0.3) is 11.3 Å². The molecule has 1 atom stereocenters. The predicted molar refractivity (Wildman–Crippen MR) is 151 cm³/mol. The van der Waals surface area contributed by atoms with Crippen LogP contribution in [0.2, 0.25) is 0 Å². The van der Waals surface area contributed by atoms with E-state index in [1.807, 2.05) is 49.4 Å². The number of fused-ring (bicyclic) bond motifs is 1. The van der Waals surface area contributed by atoms with Crippen LogP contribution in [-0.2, 0) is 17.1 Å². The van der Waals surface area contributed by atoms with E-state index < -0.39 is 11.4 Å². The fraction of sp³-hybridized carbons (Fsp3) is 0.250. The van der Waals surface area contributed by atoms with Crippen LogP contribution in [0.3, 0.4) is 0 Å². The van der Waals surface area contributed by atoms with Gasteiger partial charge < -0.3 is 5.32 Å². The van der Waals surface area contributed by atoms with Crippen LogP contribution in [0.4, 0.5) is 5.82 Å². The fourth-order valence-electron chi connectivity index (χ4n) is 4.82. The molecule has 1 unspecified atom stereocenters. The van der Waals surface area contributed by atoms with Gasteiger partial charge in [-0.25, -0.2) is 14.2 Å². The summed E-state index contributed by atoms with van der Waals surface area (Å²) >= 11 is -0.838. The van der Waals surface area contributed by atoms with Crippen molar-refractivity contribution in [1.82, 2.24) is 33.7 Å². The van der Waals surface area contributed by atoms with Gasteiger partial charge in [0.1, 0.15) is 11.4 Å². The van der Waals surface area contributed by atoms with E-state index in [-0.39, 0.29) is 11.8 Å². The van der Waals surface area contributed by atoms with Gasteiger partial charge in [-0.1, -0.05) is 22.0 Å². The summed E-state index contributed by atoms with van der Waals surface area (Å²) < 4.78 is 16.3. The van der Waals surface area contributed by atoms with Crippen LogP contribution in [0, 0.1) is 6.92 Å². The van der Waals surface area contributed by atoms with E-state index in [0.29, 0.717) is 22.8 Å². The van der Waals surface area contributed by atoms with Gasteiger partial charge in [-0.15, -0.1) is 0 Å². The van der Waals surface area contributed by atoms with Crippen molar-refractivity contribution in [3.63, 3.8) is 0 Å². The quantitative estimate of drug-likeness (QED) is 0.296. The lowest BCUT2D eigenvalue weighted by molar-refractivity contribution is 0.102. The molecule has 6 rings (SSSR count). The zero-order chi connectivity index (χ0) is 26.8. The number of rotatable bonds is 7. The van der Waals surface area contributed by atoms with Gasteiger partial charge >= 0.3 is 0 Å². The Morgan fingerprint density at radius 3 is 2.64 bits per heavy atom. The van der Waals surface area contributed by atoms with Gasteiger partial charge in [-0.3, -0.25) is 9.78 Å². The number of carbonyl (C=O) groups is 1. The SMILES string of the molecule is Cc1ccc(-n2nc(C3CCN([S+](O)Cc4ccncc4)CC3)cc2NC(=O)c2cnn3cccnc23)cc1. The first-order chi connectivity index (χ1) is 19.0. The Hall–Kier alpha value is -4.06. The first-order valence-electron chi connectivity index (χ1n) is 12.9. The minimum Gasteiger partial charge on any atom is -0.306 e. The van der Waals surface area contributed by atoms with Crippen molar-refractivity contribution in [2.24, 2.45) is 0 Å². The van der Waals surface area contributed by atoms with Crippen molar-refractivity contribution in [3.05, 3.63) is 102 Å². The van der Waals surface area contributed by atoms with Crippen molar-refractivity contribution in [2.45, 2.75) is 31.4 Å². The molecule has 0 bridgehead atoms. The van der Waals surface area contributed by atoms with E-state index in [0.717, 1.165) is 48.4 Å². The van der Waals surface area contributed by atoms with Crippen molar-refractivity contribution < 1.29 is 9.35 Å². The highest BCUT2D eigenvalue weighted by Crippen LogP contribution is 2.32. The Morgan fingerprint density at radius 2 is 1.87 bits per heavy atom. The van der Waals surface area contributed by atoms with Gasteiger partial charge in [0.05, 0.1) is 17.6 Å². The Morgan fingerprint density at radius 1 is 1.10 bits per heavy atom. The number of pyridine rings is 1. The van der Waals surface area contributed by atoms with Crippen LogP contribution < -0.4 is 5.32 Å². The molecule has 0 saturated carbocycles. The van der Waals surface area contributed by atoms with Gasteiger partial charge in [-0.2, -0.15) is 14.8 Å². The number of piperidine rings is 1. The summed E-state index contributed by atoms with van der Waals surface area (Å²) in [6.45, 7) is 3.60. The number of nitrogens with one attached hydrogen (secondary N) is 1. The van der Waals surface area contributed by atoms with Gasteiger partial charge in [0.15, 0.2) is 11.4 Å². The summed E-state index contributed by atoms with van der Waals surface area (Å²) in [6.07, 6.45) is 10.2. The number of anilines is 1. The number of benzene rings is 1. The molecule has 198 valence electrons. The molecule has 5 heterocycles. The molecule has 1 aromatic carbocycles. The zero-order valence-corrected chi connectivity index (χ0v) is 22.3. The first-order valence-corrected chi connectivity index (χ1v) is 14.2. The number of hydrogen-bond donors (Lipinski definition) is 2. The summed E-state index contributed by atoms with van der Waals surface area (Å²) in [4.78, 5) is 21.7. The topological polar surface area (TPSA) is 113 Å². The monoisotopic (exact) mass is 541 g/mol. The zero-order valence-electron chi connectivity index (χ0n) is 21.5. The van der Waals surface area contributed by atoms with Gasteiger partial charge in [0.2, 0.25) is 11.4 Å². The third-order valence-electron chi connectivity index (χ3n) is 6.99. The molecule has 1 aliphatic rings. The maximum absolute atomic E-state index is 13.3. The van der Waals surface area contributed by atoms with E-state index in [1.54, 1.807) is 40.1 Å². The molecular weight excluding hydrogens is 512 g/mol. The first kappa shape index (κ1) is 25.2. The Bertz CT molecular complexity index is 1580. The predicted octanol–water partition coefficient (Wildman–Crippen LogP) is 4.26. The normalized spacial score (nSPS) is 15.4. The van der Waals surface area contributed by atoms with Gasteiger partial charge in [-0.05, 0) is 50.1 Å². The molecule has 39 heavy (non-hydrogen) atoms. The minimum absolute atomic E-state index is 0.222. The summed E-state index contributed by atoms with van der Waals surface area (Å²) in [5.41, 5.74) is 4.91. The number of nitrogens with zero attached hydrogens (tertiary/aromatic N) is 7. The second-order valence-corrected chi connectivity index (χ2v) is 11.1. The molecule has 1 fully saturated rings. The molecule has 5 aromatic rings. The van der Waals surface area contributed by atoms with Crippen LogP contribution in [0.15, 0.2) is 79.5 Å². The van der Waals surface area contributed by atoms with Crippen LogP contribution >= 0.6 is 0 Å². The van der Waals surface area contributed by atoms with E-state index in [4.69, 9.17) is 5.10 Å². The third kappa shape index (κ3) is 5.42. The number of hydrogen-bond acceptors (Lipinski definition) is 7. The Kier molecular flexibility index (Phi) is 7.10. The third-order valence-corrected chi connectivity index (χ3v) is 8.54. The van der Waals surface area contributed by atoms with Crippen molar-refractivity contribution in [2.75, 3.05) is 18.4 Å². The largest absolute Gasteiger partial charge is 0.306 e. The van der Waals surface area contributed by atoms with Gasteiger partial charge in [0, 0.05) is 55.4 Å². The molecule has 1 aliphatic heterocycles. The maximum Gasteiger partial charge on any atom is 0.262 e. The number of aromatic nitrogens is 6. The molecule has 0 spiro atoms. The maximum atomic E-state index is 13.3. The molecule has 2 N–H and O–H groups in total. The minimum atomic E-state index is -0.838. The van der Waals surface area contributed by atoms with E-state index in [1.165, 1.54) is 6.20 Å². The lowest BCUT2D eigenvalue weighted by atomic mass is 9.95. The molecule has 10 nitrogen and oxygen atoms in total. The van der Waals surface area contributed by atoms with Crippen LogP contribution in [-0.4, -0.2) is 57.2 Å². The van der Waals surface area contributed by atoms with Crippen LogP contribution in [0.5, 0.6) is 0 Å². The summed E-state index contributed by atoms with van der Waals surface area (Å²) in [7, 11) is 0. The van der Waals surface area contributed by atoms with E-state index in [2.05, 4.69) is 24.7 Å². The molecule has 0 aliphatic carbocycles. The highest BCUT2D eigenvalue weighted by molar-refractivity contribution is 7.88. The van der Waals surface area contributed by atoms with Crippen LogP contribution in [0.1, 0.15) is 45.9 Å². The van der Waals surface area contributed by atoms with E-state index >= 15 is 0 Å². The lowest BCUT2D eigenvalue weighted by Gasteiger charge is -2.26.